The van der Waals surface area contributed by atoms with E-state index < -0.39 is 28.4 Å². The van der Waals surface area contributed by atoms with Crippen LogP contribution in [-0.4, -0.2) is 47.8 Å². The standard InChI is InChI=1S/C21H23N3O6/c1-5-30-21(27)16-9-15(10-17(11-16)24(28)29)20(26)23(4)12-18(25)22-19-13(2)7-6-8-14(19)3/h6-11H,5,12H2,1-4H3,(H,22,25). The summed E-state index contributed by atoms with van der Waals surface area (Å²) < 4.78 is 4.86. The second-order valence-corrected chi connectivity index (χ2v) is 6.72. The lowest BCUT2D eigenvalue weighted by atomic mass is 10.1. The van der Waals surface area contributed by atoms with E-state index in [1.165, 1.54) is 13.1 Å². The molecule has 0 spiro atoms. The van der Waals surface area contributed by atoms with Crippen LogP contribution in [0.3, 0.4) is 0 Å². The van der Waals surface area contributed by atoms with Gasteiger partial charge in [0.2, 0.25) is 5.91 Å². The maximum Gasteiger partial charge on any atom is 0.338 e. The van der Waals surface area contributed by atoms with Crippen molar-refractivity contribution in [2.75, 3.05) is 25.5 Å². The largest absolute Gasteiger partial charge is 0.462 e. The van der Waals surface area contributed by atoms with Crippen molar-refractivity contribution in [3.05, 3.63) is 68.8 Å². The van der Waals surface area contributed by atoms with Crippen LogP contribution in [0.4, 0.5) is 11.4 Å². The van der Waals surface area contributed by atoms with Crippen LogP contribution >= 0.6 is 0 Å². The minimum absolute atomic E-state index is 0.0865. The number of hydrogen-bond donors (Lipinski definition) is 1. The van der Waals surface area contributed by atoms with Gasteiger partial charge in [0.15, 0.2) is 0 Å². The third kappa shape index (κ3) is 5.40. The molecule has 0 aliphatic heterocycles. The Morgan fingerprint density at radius 1 is 1.10 bits per heavy atom. The van der Waals surface area contributed by atoms with E-state index in [0.29, 0.717) is 5.69 Å². The molecule has 2 amide bonds. The fourth-order valence-electron chi connectivity index (χ4n) is 2.87. The summed E-state index contributed by atoms with van der Waals surface area (Å²) in [6.07, 6.45) is 0. The Balaban J connectivity index is 2.21. The maximum atomic E-state index is 12.7. The Morgan fingerprint density at radius 2 is 1.70 bits per heavy atom. The molecule has 0 aliphatic carbocycles. The average molecular weight is 413 g/mol. The molecule has 9 heteroatoms. The molecule has 0 bridgehead atoms. The number of amides is 2. The Labute approximate surface area is 173 Å². The van der Waals surface area contributed by atoms with Gasteiger partial charge in [0.05, 0.1) is 23.6 Å². The predicted octanol–water partition coefficient (Wildman–Crippen LogP) is 3.10. The number of ether oxygens (including phenoxy) is 1. The number of nitrogens with zero attached hydrogens (tertiary/aromatic N) is 2. The number of nitro benzene ring substituents is 1. The van der Waals surface area contributed by atoms with E-state index in [2.05, 4.69) is 5.32 Å². The fraction of sp³-hybridized carbons (Fsp3) is 0.286. The zero-order valence-corrected chi connectivity index (χ0v) is 17.2. The van der Waals surface area contributed by atoms with E-state index in [4.69, 9.17) is 4.74 Å². The van der Waals surface area contributed by atoms with E-state index in [1.807, 2.05) is 32.0 Å². The van der Waals surface area contributed by atoms with E-state index in [1.54, 1.807) is 6.92 Å². The van der Waals surface area contributed by atoms with Gasteiger partial charge in [-0.05, 0) is 38.0 Å². The number of nitrogens with one attached hydrogen (secondary N) is 1. The summed E-state index contributed by atoms with van der Waals surface area (Å²) in [5.41, 5.74) is 1.82. The molecule has 0 aliphatic rings. The molecule has 30 heavy (non-hydrogen) atoms. The summed E-state index contributed by atoms with van der Waals surface area (Å²) in [4.78, 5) is 48.7. The van der Waals surface area contributed by atoms with Crippen LogP contribution in [0.25, 0.3) is 0 Å². The Morgan fingerprint density at radius 3 is 2.27 bits per heavy atom. The molecule has 0 heterocycles. The normalized spacial score (nSPS) is 10.3. The van der Waals surface area contributed by atoms with Crippen molar-refractivity contribution >= 4 is 29.2 Å². The molecular weight excluding hydrogens is 390 g/mol. The monoisotopic (exact) mass is 413 g/mol. The van der Waals surface area contributed by atoms with Gasteiger partial charge >= 0.3 is 5.97 Å². The first-order chi connectivity index (χ1) is 14.1. The number of likely N-dealkylation sites (N-methyl/N-ethyl adjacent to an activating group) is 1. The number of benzene rings is 2. The molecule has 0 saturated carbocycles. The van der Waals surface area contributed by atoms with Gasteiger partial charge in [-0.1, -0.05) is 18.2 Å². The molecule has 1 N–H and O–H groups in total. The van der Waals surface area contributed by atoms with Crippen molar-refractivity contribution in [2.45, 2.75) is 20.8 Å². The van der Waals surface area contributed by atoms with Gasteiger partial charge in [0, 0.05) is 30.4 Å². The number of nitro groups is 1. The van der Waals surface area contributed by atoms with E-state index in [9.17, 15) is 24.5 Å². The fourth-order valence-corrected chi connectivity index (χ4v) is 2.87. The minimum Gasteiger partial charge on any atom is -0.462 e. The molecular formula is C21H23N3O6. The number of anilines is 1. The van der Waals surface area contributed by atoms with Gasteiger partial charge < -0.3 is 15.0 Å². The van der Waals surface area contributed by atoms with E-state index >= 15 is 0 Å². The van der Waals surface area contributed by atoms with Crippen LogP contribution in [0.5, 0.6) is 0 Å². The second kappa shape index (κ2) is 9.64. The minimum atomic E-state index is -0.773. The zero-order chi connectivity index (χ0) is 22.4. The van der Waals surface area contributed by atoms with E-state index in [-0.39, 0.29) is 24.3 Å². The van der Waals surface area contributed by atoms with Crippen LogP contribution in [0.15, 0.2) is 36.4 Å². The van der Waals surface area contributed by atoms with Crippen LogP contribution in [-0.2, 0) is 9.53 Å². The lowest BCUT2D eigenvalue weighted by Crippen LogP contribution is -2.35. The average Bonchev–Trinajstić information content (AvgIpc) is 2.70. The summed E-state index contributed by atoms with van der Waals surface area (Å²) in [6.45, 7) is 5.13. The first kappa shape index (κ1) is 22.5. The molecule has 2 rings (SSSR count). The maximum absolute atomic E-state index is 12.7. The summed E-state index contributed by atoms with van der Waals surface area (Å²) in [6, 6.07) is 8.91. The number of esters is 1. The highest BCUT2D eigenvalue weighted by molar-refractivity contribution is 6.02. The van der Waals surface area contributed by atoms with Crippen LogP contribution in [0.1, 0.15) is 38.8 Å². The molecule has 2 aromatic rings. The molecule has 0 atom stereocenters. The number of hydrogen-bond acceptors (Lipinski definition) is 6. The van der Waals surface area contributed by atoms with Crippen molar-refractivity contribution in [2.24, 2.45) is 0 Å². The topological polar surface area (TPSA) is 119 Å². The highest BCUT2D eigenvalue weighted by Gasteiger charge is 2.22. The van der Waals surface area contributed by atoms with E-state index in [0.717, 1.165) is 28.2 Å². The van der Waals surface area contributed by atoms with Gasteiger partial charge in [-0.2, -0.15) is 0 Å². The van der Waals surface area contributed by atoms with Gasteiger partial charge in [-0.25, -0.2) is 4.79 Å². The SMILES string of the molecule is CCOC(=O)c1cc(C(=O)N(C)CC(=O)Nc2c(C)cccc2C)cc([N+](=O)[O-])c1. The Kier molecular flexibility index (Phi) is 7.24. The number of para-hydroxylation sites is 1. The lowest BCUT2D eigenvalue weighted by molar-refractivity contribution is -0.384. The van der Waals surface area contributed by atoms with Crippen LogP contribution in [0, 0.1) is 24.0 Å². The summed E-state index contributed by atoms with van der Waals surface area (Å²) >= 11 is 0. The summed E-state index contributed by atoms with van der Waals surface area (Å²) in [5.74, 6) is -1.83. The Hall–Kier alpha value is -3.75. The lowest BCUT2D eigenvalue weighted by Gasteiger charge is -2.18. The molecule has 2 aromatic carbocycles. The molecule has 0 unspecified atom stereocenters. The van der Waals surface area contributed by atoms with Crippen LogP contribution < -0.4 is 5.32 Å². The molecule has 9 nitrogen and oxygen atoms in total. The number of rotatable bonds is 7. The zero-order valence-electron chi connectivity index (χ0n) is 17.2. The van der Waals surface area contributed by atoms with Crippen molar-refractivity contribution < 1.29 is 24.0 Å². The first-order valence-electron chi connectivity index (χ1n) is 9.22. The third-order valence-corrected chi connectivity index (χ3v) is 4.36. The smallest absolute Gasteiger partial charge is 0.338 e. The molecule has 158 valence electrons. The first-order valence-corrected chi connectivity index (χ1v) is 9.22. The van der Waals surface area contributed by atoms with Crippen molar-refractivity contribution in [1.29, 1.82) is 0 Å². The molecule has 0 saturated heterocycles. The number of carbonyl (C=O) groups excluding carboxylic acids is 3. The van der Waals surface area contributed by atoms with Gasteiger partial charge in [0.1, 0.15) is 0 Å². The number of aryl methyl sites for hydroxylation is 2. The van der Waals surface area contributed by atoms with Crippen molar-refractivity contribution in [3.8, 4) is 0 Å². The van der Waals surface area contributed by atoms with Crippen molar-refractivity contribution in [1.82, 2.24) is 4.90 Å². The van der Waals surface area contributed by atoms with Crippen LogP contribution in [0.2, 0.25) is 0 Å². The Bertz CT molecular complexity index is 982. The molecule has 0 fully saturated rings. The highest BCUT2D eigenvalue weighted by atomic mass is 16.6. The summed E-state index contributed by atoms with van der Waals surface area (Å²) in [7, 11) is 1.40. The van der Waals surface area contributed by atoms with Gasteiger partial charge in [-0.3, -0.25) is 19.7 Å². The summed E-state index contributed by atoms with van der Waals surface area (Å²) in [5, 5.41) is 14.0. The predicted molar refractivity (Wildman–Crippen MR) is 111 cm³/mol. The van der Waals surface area contributed by atoms with Crippen molar-refractivity contribution in [3.63, 3.8) is 0 Å². The molecule has 0 aromatic heterocycles. The third-order valence-electron chi connectivity index (χ3n) is 4.36. The second-order valence-electron chi connectivity index (χ2n) is 6.72. The highest BCUT2D eigenvalue weighted by Crippen LogP contribution is 2.21. The quantitative estimate of drug-likeness (QED) is 0.423. The van der Waals surface area contributed by atoms with Gasteiger partial charge in [-0.15, -0.1) is 0 Å². The molecule has 0 radical (unpaired) electrons. The number of non-ortho nitro benzene ring substituents is 1. The van der Waals surface area contributed by atoms with Gasteiger partial charge in [0.25, 0.3) is 11.6 Å². The number of carbonyl (C=O) groups is 3.